The third-order valence-corrected chi connectivity index (χ3v) is 2.77. The number of hydrogen-bond acceptors (Lipinski definition) is 2. The molecule has 1 saturated heterocycles. The number of halogens is 2. The Bertz CT molecular complexity index is 381. The van der Waals surface area contributed by atoms with Crippen LogP contribution in [0.2, 0.25) is 0 Å². The maximum Gasteiger partial charge on any atom is 0.227 e. The van der Waals surface area contributed by atoms with Gasteiger partial charge in [0.05, 0.1) is 6.42 Å². The van der Waals surface area contributed by atoms with Gasteiger partial charge in [0.2, 0.25) is 5.91 Å². The summed E-state index contributed by atoms with van der Waals surface area (Å²) >= 11 is 0. The topological polar surface area (TPSA) is 32.3 Å². The van der Waals surface area contributed by atoms with Crippen LogP contribution in [0.15, 0.2) is 24.3 Å². The smallest absolute Gasteiger partial charge is 0.227 e. The molecular weight excluding hydrogens is 243 g/mol. The summed E-state index contributed by atoms with van der Waals surface area (Å²) in [6.07, 6.45) is 0.159. The Hall–Kier alpha value is -1.13. The summed E-state index contributed by atoms with van der Waals surface area (Å²) in [4.78, 5) is 13.6. The first-order chi connectivity index (χ1) is 7.77. The average Bonchev–Trinajstić information content (AvgIpc) is 2.33. The SMILES string of the molecule is Cl.O=C(Cc1ccccc1F)N1CCNCC1. The molecule has 1 aromatic carbocycles. The van der Waals surface area contributed by atoms with Crippen molar-refractivity contribution in [1.82, 2.24) is 10.2 Å². The Labute approximate surface area is 106 Å². The minimum atomic E-state index is -0.300. The molecule has 0 atom stereocenters. The number of amides is 1. The van der Waals surface area contributed by atoms with Gasteiger partial charge >= 0.3 is 0 Å². The lowest BCUT2D eigenvalue weighted by Gasteiger charge is -2.27. The average molecular weight is 259 g/mol. The maximum absolute atomic E-state index is 13.3. The van der Waals surface area contributed by atoms with E-state index in [-0.39, 0.29) is 30.6 Å². The molecule has 17 heavy (non-hydrogen) atoms. The van der Waals surface area contributed by atoms with E-state index in [9.17, 15) is 9.18 Å². The molecule has 0 bridgehead atoms. The van der Waals surface area contributed by atoms with Crippen molar-refractivity contribution in [2.24, 2.45) is 0 Å². The van der Waals surface area contributed by atoms with E-state index in [1.165, 1.54) is 6.07 Å². The summed E-state index contributed by atoms with van der Waals surface area (Å²) in [5, 5.41) is 3.18. The fraction of sp³-hybridized carbons (Fsp3) is 0.417. The summed E-state index contributed by atoms with van der Waals surface area (Å²) < 4.78 is 13.3. The summed E-state index contributed by atoms with van der Waals surface area (Å²) in [6.45, 7) is 3.08. The Morgan fingerprint density at radius 1 is 1.29 bits per heavy atom. The van der Waals surface area contributed by atoms with Gasteiger partial charge in [0.15, 0.2) is 0 Å². The van der Waals surface area contributed by atoms with Gasteiger partial charge in [-0.1, -0.05) is 18.2 Å². The number of benzene rings is 1. The van der Waals surface area contributed by atoms with E-state index in [1.54, 1.807) is 23.1 Å². The lowest BCUT2D eigenvalue weighted by atomic mass is 10.1. The lowest BCUT2D eigenvalue weighted by molar-refractivity contribution is -0.131. The highest BCUT2D eigenvalue weighted by atomic mass is 35.5. The molecule has 0 saturated carbocycles. The predicted octanol–water partition coefficient (Wildman–Crippen LogP) is 1.22. The summed E-state index contributed by atoms with van der Waals surface area (Å²) in [6, 6.07) is 6.44. The molecule has 2 rings (SSSR count). The molecule has 0 aromatic heterocycles. The van der Waals surface area contributed by atoms with E-state index < -0.39 is 0 Å². The second-order valence-corrected chi connectivity index (χ2v) is 3.90. The van der Waals surface area contributed by atoms with Crippen molar-refractivity contribution in [3.63, 3.8) is 0 Å². The molecule has 1 fully saturated rings. The molecular formula is C12H16ClFN2O. The number of nitrogens with one attached hydrogen (secondary N) is 1. The van der Waals surface area contributed by atoms with Gasteiger partial charge in [0.1, 0.15) is 5.82 Å². The molecule has 0 unspecified atom stereocenters. The zero-order valence-corrected chi connectivity index (χ0v) is 10.3. The van der Waals surface area contributed by atoms with Gasteiger partial charge in [-0.15, -0.1) is 12.4 Å². The highest BCUT2D eigenvalue weighted by molar-refractivity contribution is 5.85. The molecule has 1 aliphatic rings. The van der Waals surface area contributed by atoms with Crippen LogP contribution in [0.5, 0.6) is 0 Å². The molecule has 0 spiro atoms. The minimum absolute atomic E-state index is 0. The molecule has 1 aliphatic heterocycles. The first-order valence-corrected chi connectivity index (χ1v) is 5.49. The zero-order valence-electron chi connectivity index (χ0n) is 9.49. The van der Waals surface area contributed by atoms with E-state index >= 15 is 0 Å². The van der Waals surface area contributed by atoms with Crippen LogP contribution in [0.1, 0.15) is 5.56 Å². The van der Waals surface area contributed by atoms with Gasteiger partial charge < -0.3 is 10.2 Å². The second kappa shape index (κ2) is 6.57. The van der Waals surface area contributed by atoms with E-state index in [1.807, 2.05) is 0 Å². The highest BCUT2D eigenvalue weighted by Gasteiger charge is 2.17. The lowest BCUT2D eigenvalue weighted by Crippen LogP contribution is -2.47. The van der Waals surface area contributed by atoms with Crippen molar-refractivity contribution in [3.8, 4) is 0 Å². The van der Waals surface area contributed by atoms with Crippen molar-refractivity contribution < 1.29 is 9.18 Å². The van der Waals surface area contributed by atoms with Crippen LogP contribution in [-0.4, -0.2) is 37.0 Å². The van der Waals surface area contributed by atoms with Gasteiger partial charge in [-0.05, 0) is 11.6 Å². The largest absolute Gasteiger partial charge is 0.340 e. The van der Waals surface area contributed by atoms with Gasteiger partial charge in [0, 0.05) is 26.2 Å². The number of piperazine rings is 1. The van der Waals surface area contributed by atoms with Gasteiger partial charge in [-0.25, -0.2) is 4.39 Å². The van der Waals surface area contributed by atoms with Gasteiger partial charge in [-0.3, -0.25) is 4.79 Å². The number of carbonyl (C=O) groups is 1. The maximum atomic E-state index is 13.3. The fourth-order valence-corrected chi connectivity index (χ4v) is 1.83. The summed E-state index contributed by atoms with van der Waals surface area (Å²) in [7, 11) is 0. The van der Waals surface area contributed by atoms with Crippen molar-refractivity contribution in [3.05, 3.63) is 35.6 Å². The number of rotatable bonds is 2. The molecule has 0 radical (unpaired) electrons. The van der Waals surface area contributed by atoms with E-state index in [0.29, 0.717) is 18.7 Å². The zero-order chi connectivity index (χ0) is 11.4. The molecule has 0 aliphatic carbocycles. The quantitative estimate of drug-likeness (QED) is 0.865. The van der Waals surface area contributed by atoms with Crippen molar-refractivity contribution >= 4 is 18.3 Å². The van der Waals surface area contributed by atoms with Crippen molar-refractivity contribution in [1.29, 1.82) is 0 Å². The number of nitrogens with zero attached hydrogens (tertiary/aromatic N) is 1. The standard InChI is InChI=1S/C12H15FN2O.ClH/c13-11-4-2-1-3-10(11)9-12(16)15-7-5-14-6-8-15;/h1-4,14H,5-9H2;1H. The third kappa shape index (κ3) is 3.68. The fourth-order valence-electron chi connectivity index (χ4n) is 1.83. The second-order valence-electron chi connectivity index (χ2n) is 3.90. The third-order valence-electron chi connectivity index (χ3n) is 2.77. The molecule has 5 heteroatoms. The first kappa shape index (κ1) is 13.9. The monoisotopic (exact) mass is 258 g/mol. The Morgan fingerprint density at radius 2 is 1.94 bits per heavy atom. The van der Waals surface area contributed by atoms with E-state index in [2.05, 4.69) is 5.32 Å². The highest BCUT2D eigenvalue weighted by Crippen LogP contribution is 2.09. The molecule has 1 aromatic rings. The molecule has 1 N–H and O–H groups in total. The molecule has 94 valence electrons. The van der Waals surface area contributed by atoms with Crippen LogP contribution < -0.4 is 5.32 Å². The summed E-state index contributed by atoms with van der Waals surface area (Å²) in [5.74, 6) is -0.294. The Balaban J connectivity index is 0.00000144. The van der Waals surface area contributed by atoms with Crippen LogP contribution in [0, 0.1) is 5.82 Å². The van der Waals surface area contributed by atoms with Crippen LogP contribution in [0.4, 0.5) is 4.39 Å². The van der Waals surface area contributed by atoms with Crippen LogP contribution >= 0.6 is 12.4 Å². The van der Waals surface area contributed by atoms with Gasteiger partial charge in [0.25, 0.3) is 0 Å². The Kier molecular flexibility index (Phi) is 5.38. The van der Waals surface area contributed by atoms with E-state index in [0.717, 1.165) is 13.1 Å². The number of carbonyl (C=O) groups excluding carboxylic acids is 1. The van der Waals surface area contributed by atoms with Crippen LogP contribution in [-0.2, 0) is 11.2 Å². The normalized spacial score (nSPS) is 15.2. The number of hydrogen-bond donors (Lipinski definition) is 1. The van der Waals surface area contributed by atoms with Gasteiger partial charge in [-0.2, -0.15) is 0 Å². The van der Waals surface area contributed by atoms with E-state index in [4.69, 9.17) is 0 Å². The molecule has 3 nitrogen and oxygen atoms in total. The van der Waals surface area contributed by atoms with Crippen LogP contribution in [0.3, 0.4) is 0 Å². The predicted molar refractivity (Wildman–Crippen MR) is 66.8 cm³/mol. The minimum Gasteiger partial charge on any atom is -0.340 e. The molecule has 1 heterocycles. The van der Waals surface area contributed by atoms with Crippen LogP contribution in [0.25, 0.3) is 0 Å². The van der Waals surface area contributed by atoms with Crippen molar-refractivity contribution in [2.45, 2.75) is 6.42 Å². The Morgan fingerprint density at radius 3 is 2.59 bits per heavy atom. The van der Waals surface area contributed by atoms with Crippen molar-refractivity contribution in [2.75, 3.05) is 26.2 Å². The first-order valence-electron chi connectivity index (χ1n) is 5.49. The summed E-state index contributed by atoms with van der Waals surface area (Å²) in [5.41, 5.74) is 0.478. The molecule has 1 amide bonds.